The Balaban J connectivity index is 2.93. The Kier molecular flexibility index (Phi) is 3.83. The Morgan fingerprint density at radius 3 is 2.00 bits per heavy atom. The fourth-order valence-corrected chi connectivity index (χ4v) is 0.298. The minimum atomic E-state index is 0.539. The molecule has 0 saturated carbocycles. The molecule has 0 aromatic carbocycles. The molecule has 2 heteroatoms. The lowest BCUT2D eigenvalue weighted by Gasteiger charge is -2.11. The van der Waals surface area contributed by atoms with E-state index in [1.54, 1.807) is 0 Å². The molecule has 0 atom stereocenters. The Bertz CT molecular complexity index is 42.5. The highest BCUT2D eigenvalue weighted by molar-refractivity contribution is 4.60. The lowest BCUT2D eigenvalue weighted by molar-refractivity contribution is 0.429. The third-order valence-corrected chi connectivity index (χ3v) is 0.666. The summed E-state index contributed by atoms with van der Waals surface area (Å²) in [5.74, 6) is 0. The summed E-state index contributed by atoms with van der Waals surface area (Å²) in [5, 5.41) is 3.15. The minimum Gasteiger partial charge on any atom is -0.297 e. The maximum Gasteiger partial charge on any atom is 0.0890 e. The van der Waals surface area contributed by atoms with Gasteiger partial charge in [-0.2, -0.15) is 0 Å². The van der Waals surface area contributed by atoms with E-state index in [4.69, 9.17) is 0 Å². The van der Waals surface area contributed by atoms with Crippen molar-refractivity contribution >= 4 is 0 Å². The molecular formula is C6H15N2. The van der Waals surface area contributed by atoms with Crippen LogP contribution in [0.3, 0.4) is 0 Å². The Labute approximate surface area is 51.9 Å². The van der Waals surface area contributed by atoms with E-state index in [0.717, 1.165) is 0 Å². The molecule has 0 rings (SSSR count). The highest BCUT2D eigenvalue weighted by Gasteiger charge is 1.91. The van der Waals surface area contributed by atoms with Crippen molar-refractivity contribution in [3.8, 4) is 0 Å². The summed E-state index contributed by atoms with van der Waals surface area (Å²) in [6, 6.07) is 0.539. The molecule has 0 bridgehead atoms. The second kappa shape index (κ2) is 3.87. The molecule has 0 saturated heterocycles. The summed E-state index contributed by atoms with van der Waals surface area (Å²) in [6.07, 6.45) is 0. The third-order valence-electron chi connectivity index (χ3n) is 0.666. The van der Waals surface area contributed by atoms with Crippen LogP contribution < -0.4 is 5.32 Å². The van der Waals surface area contributed by atoms with Crippen molar-refractivity contribution in [2.45, 2.75) is 19.9 Å². The van der Waals surface area contributed by atoms with E-state index in [-0.39, 0.29) is 0 Å². The van der Waals surface area contributed by atoms with Gasteiger partial charge in [0, 0.05) is 6.04 Å². The Morgan fingerprint density at radius 2 is 1.88 bits per heavy atom. The van der Waals surface area contributed by atoms with Gasteiger partial charge in [-0.3, -0.25) is 10.2 Å². The molecule has 2 nitrogen and oxygen atoms in total. The van der Waals surface area contributed by atoms with Gasteiger partial charge in [-0.15, -0.1) is 0 Å². The van der Waals surface area contributed by atoms with Crippen LogP contribution in [0, 0.1) is 6.67 Å². The monoisotopic (exact) mass is 115 g/mol. The second-order valence-electron chi connectivity index (χ2n) is 2.41. The third kappa shape index (κ3) is 5.92. The summed E-state index contributed by atoms with van der Waals surface area (Å²) in [4.78, 5) is 1.99. The zero-order chi connectivity index (χ0) is 6.57. The summed E-state index contributed by atoms with van der Waals surface area (Å²) >= 11 is 0. The average molecular weight is 115 g/mol. The lowest BCUT2D eigenvalue weighted by Crippen LogP contribution is -2.27. The number of nitrogens with one attached hydrogen (secondary N) is 1. The van der Waals surface area contributed by atoms with Crippen LogP contribution in [-0.4, -0.2) is 25.0 Å². The summed E-state index contributed by atoms with van der Waals surface area (Å²) in [6.45, 7) is 6.17. The summed E-state index contributed by atoms with van der Waals surface area (Å²) < 4.78 is 0. The first kappa shape index (κ1) is 7.92. The Hall–Kier alpha value is -0.0800. The molecular weight excluding hydrogens is 100 g/mol. The van der Waals surface area contributed by atoms with Gasteiger partial charge in [0.25, 0.3) is 0 Å². The number of hydrogen-bond donors (Lipinski definition) is 1. The van der Waals surface area contributed by atoms with Gasteiger partial charge in [0.05, 0.1) is 6.67 Å². The van der Waals surface area contributed by atoms with Gasteiger partial charge < -0.3 is 0 Å². The van der Waals surface area contributed by atoms with Crippen LogP contribution in [0.15, 0.2) is 0 Å². The van der Waals surface area contributed by atoms with Crippen LogP contribution in [0.2, 0.25) is 0 Å². The molecule has 0 unspecified atom stereocenters. The molecule has 1 radical (unpaired) electrons. The van der Waals surface area contributed by atoms with E-state index in [9.17, 15) is 0 Å². The minimum absolute atomic E-state index is 0.539. The van der Waals surface area contributed by atoms with Gasteiger partial charge >= 0.3 is 0 Å². The summed E-state index contributed by atoms with van der Waals surface area (Å²) in [7, 11) is 3.99. The smallest absolute Gasteiger partial charge is 0.0890 e. The van der Waals surface area contributed by atoms with Gasteiger partial charge in [0.2, 0.25) is 0 Å². The molecule has 0 aromatic heterocycles. The van der Waals surface area contributed by atoms with Crippen LogP contribution in [0.4, 0.5) is 0 Å². The fraction of sp³-hybridized carbons (Fsp3) is 0.833. The molecule has 0 aliphatic heterocycles. The predicted molar refractivity (Wildman–Crippen MR) is 36.3 cm³/mol. The number of nitrogens with zero attached hydrogens (tertiary/aromatic N) is 1. The standard InChI is InChI=1S/C6H15N2/c1-6(2)7-5-8(3)4/h5-7H,1-4H3. The maximum absolute atomic E-state index is 3.15. The van der Waals surface area contributed by atoms with Gasteiger partial charge in [-0.1, -0.05) is 0 Å². The predicted octanol–water partition coefficient (Wildman–Crippen LogP) is 0.665. The topological polar surface area (TPSA) is 15.3 Å². The zero-order valence-corrected chi connectivity index (χ0v) is 6.10. The molecule has 1 N–H and O–H groups in total. The first-order valence-corrected chi connectivity index (χ1v) is 2.88. The van der Waals surface area contributed by atoms with Gasteiger partial charge in [-0.25, -0.2) is 0 Å². The highest BCUT2D eigenvalue weighted by atomic mass is 15.2. The van der Waals surface area contributed by atoms with Crippen LogP contribution >= 0.6 is 0 Å². The summed E-state index contributed by atoms with van der Waals surface area (Å²) in [5.41, 5.74) is 0. The molecule has 0 fully saturated rings. The van der Waals surface area contributed by atoms with Crippen LogP contribution in [0.1, 0.15) is 13.8 Å². The SMILES string of the molecule is CC(C)N[CH]N(C)C. The maximum atomic E-state index is 3.15. The van der Waals surface area contributed by atoms with E-state index in [1.165, 1.54) is 0 Å². The molecule has 0 aliphatic carbocycles. The van der Waals surface area contributed by atoms with Crippen molar-refractivity contribution in [2.24, 2.45) is 0 Å². The molecule has 0 spiro atoms. The van der Waals surface area contributed by atoms with Crippen molar-refractivity contribution in [1.82, 2.24) is 10.2 Å². The highest BCUT2D eigenvalue weighted by Crippen LogP contribution is 1.80. The quantitative estimate of drug-likeness (QED) is 0.581. The molecule has 0 amide bonds. The first-order chi connectivity index (χ1) is 3.63. The lowest BCUT2D eigenvalue weighted by atomic mass is 10.4. The molecule has 49 valence electrons. The van der Waals surface area contributed by atoms with Gasteiger partial charge in [-0.05, 0) is 27.9 Å². The van der Waals surface area contributed by atoms with E-state index < -0.39 is 0 Å². The van der Waals surface area contributed by atoms with Crippen molar-refractivity contribution in [1.29, 1.82) is 0 Å². The molecule has 8 heavy (non-hydrogen) atoms. The van der Waals surface area contributed by atoms with Crippen LogP contribution in [-0.2, 0) is 0 Å². The largest absolute Gasteiger partial charge is 0.297 e. The molecule has 0 aliphatic rings. The second-order valence-corrected chi connectivity index (χ2v) is 2.41. The van der Waals surface area contributed by atoms with Crippen LogP contribution in [0.5, 0.6) is 0 Å². The van der Waals surface area contributed by atoms with Crippen molar-refractivity contribution in [3.05, 3.63) is 6.67 Å². The Morgan fingerprint density at radius 1 is 1.38 bits per heavy atom. The normalized spacial score (nSPS) is 11.2. The molecule has 0 aromatic rings. The van der Waals surface area contributed by atoms with E-state index in [0.29, 0.717) is 6.04 Å². The fourth-order valence-electron chi connectivity index (χ4n) is 0.298. The zero-order valence-electron chi connectivity index (χ0n) is 6.10. The van der Waals surface area contributed by atoms with Crippen molar-refractivity contribution in [2.75, 3.05) is 14.1 Å². The number of rotatable bonds is 3. The van der Waals surface area contributed by atoms with E-state index in [1.807, 2.05) is 25.7 Å². The van der Waals surface area contributed by atoms with E-state index in [2.05, 4.69) is 19.2 Å². The first-order valence-electron chi connectivity index (χ1n) is 2.88. The number of hydrogen-bond acceptors (Lipinski definition) is 2. The van der Waals surface area contributed by atoms with Crippen LogP contribution in [0.25, 0.3) is 0 Å². The van der Waals surface area contributed by atoms with Crippen molar-refractivity contribution in [3.63, 3.8) is 0 Å². The van der Waals surface area contributed by atoms with E-state index >= 15 is 0 Å². The van der Waals surface area contributed by atoms with Gasteiger partial charge in [0.1, 0.15) is 0 Å². The average Bonchev–Trinajstić information content (AvgIpc) is 1.61. The van der Waals surface area contributed by atoms with Crippen molar-refractivity contribution < 1.29 is 0 Å². The van der Waals surface area contributed by atoms with Gasteiger partial charge in [0.15, 0.2) is 0 Å². The molecule has 0 heterocycles.